The van der Waals surface area contributed by atoms with E-state index in [-0.39, 0.29) is 17.1 Å². The van der Waals surface area contributed by atoms with Crippen molar-refractivity contribution in [2.75, 3.05) is 11.9 Å². The summed E-state index contributed by atoms with van der Waals surface area (Å²) < 4.78 is 0.636. The number of benzene rings is 1. The zero-order chi connectivity index (χ0) is 17.7. The molecule has 1 heterocycles. The van der Waals surface area contributed by atoms with Crippen LogP contribution in [0.4, 0.5) is 5.69 Å². The molecule has 1 fully saturated rings. The van der Waals surface area contributed by atoms with Gasteiger partial charge in [-0.2, -0.15) is 0 Å². The van der Waals surface area contributed by atoms with E-state index in [1.54, 1.807) is 4.90 Å². The Morgan fingerprint density at radius 3 is 2.54 bits per heavy atom. The van der Waals surface area contributed by atoms with E-state index >= 15 is 0 Å². The van der Waals surface area contributed by atoms with Gasteiger partial charge in [0.15, 0.2) is 0 Å². The molecule has 6 heteroatoms. The van der Waals surface area contributed by atoms with Crippen molar-refractivity contribution < 1.29 is 9.59 Å². The second-order valence-corrected chi connectivity index (χ2v) is 8.04. The average molecular weight is 365 g/mol. The number of anilines is 1. The van der Waals surface area contributed by atoms with Gasteiger partial charge in [-0.25, -0.2) is 0 Å². The van der Waals surface area contributed by atoms with Gasteiger partial charge in [-0.15, -0.1) is 0 Å². The van der Waals surface area contributed by atoms with Gasteiger partial charge in [0.05, 0.1) is 5.25 Å². The number of hydrogen-bond donors (Lipinski definition) is 1. The molecule has 2 amide bonds. The molecule has 1 N–H and O–H groups in total. The van der Waals surface area contributed by atoms with Crippen molar-refractivity contribution in [3.63, 3.8) is 0 Å². The average Bonchev–Trinajstić information content (AvgIpc) is 2.82. The van der Waals surface area contributed by atoms with Crippen LogP contribution in [-0.4, -0.2) is 32.8 Å². The Bertz CT molecular complexity index is 614. The van der Waals surface area contributed by atoms with Gasteiger partial charge in [-0.1, -0.05) is 56.9 Å². The first-order valence-electron chi connectivity index (χ1n) is 8.34. The first kappa shape index (κ1) is 18.9. The summed E-state index contributed by atoms with van der Waals surface area (Å²) in [7, 11) is 0. The zero-order valence-corrected chi connectivity index (χ0v) is 16.0. The Morgan fingerprint density at radius 1 is 1.33 bits per heavy atom. The van der Waals surface area contributed by atoms with Gasteiger partial charge in [-0.05, 0) is 36.5 Å². The van der Waals surface area contributed by atoms with E-state index < -0.39 is 0 Å². The van der Waals surface area contributed by atoms with Gasteiger partial charge in [0.1, 0.15) is 4.32 Å². The van der Waals surface area contributed by atoms with Crippen LogP contribution in [0.5, 0.6) is 0 Å². The lowest BCUT2D eigenvalue weighted by Gasteiger charge is -2.15. The Balaban J connectivity index is 1.77. The third kappa shape index (κ3) is 4.80. The normalized spacial score (nSPS) is 17.7. The number of carbonyl (C=O) groups excluding carboxylic acids is 2. The first-order valence-corrected chi connectivity index (χ1v) is 9.63. The maximum absolute atomic E-state index is 12.1. The molecule has 4 nitrogen and oxygen atoms in total. The van der Waals surface area contributed by atoms with Crippen LogP contribution in [0, 0.1) is 0 Å². The highest BCUT2D eigenvalue weighted by molar-refractivity contribution is 8.24. The highest BCUT2D eigenvalue weighted by Crippen LogP contribution is 2.29. The lowest BCUT2D eigenvalue weighted by molar-refractivity contribution is -0.126. The van der Waals surface area contributed by atoms with Gasteiger partial charge in [0, 0.05) is 18.7 Å². The summed E-state index contributed by atoms with van der Waals surface area (Å²) in [6.07, 6.45) is 1.77. The van der Waals surface area contributed by atoms with Crippen LogP contribution >= 0.6 is 24.0 Å². The quantitative estimate of drug-likeness (QED) is 0.738. The molecule has 0 saturated carbocycles. The van der Waals surface area contributed by atoms with E-state index in [1.807, 2.05) is 31.2 Å². The second kappa shape index (κ2) is 8.62. The van der Waals surface area contributed by atoms with E-state index in [9.17, 15) is 9.59 Å². The molecule has 1 aromatic carbocycles. The number of nitrogens with one attached hydrogen (secondary N) is 1. The van der Waals surface area contributed by atoms with Gasteiger partial charge in [0.2, 0.25) is 11.8 Å². The topological polar surface area (TPSA) is 49.4 Å². The molecule has 1 unspecified atom stereocenters. The standard InChI is InChI=1S/C18H24N2O2S2/c1-4-15-17(22)20(18(23)24-15)11-5-6-16(21)19-14-9-7-13(8-10-14)12(2)3/h7-10,12,15H,4-6,11H2,1-3H3,(H,19,21). The van der Waals surface area contributed by atoms with Crippen molar-refractivity contribution in [1.29, 1.82) is 0 Å². The van der Waals surface area contributed by atoms with E-state index in [2.05, 4.69) is 19.2 Å². The van der Waals surface area contributed by atoms with Crippen LogP contribution in [0.1, 0.15) is 51.5 Å². The fraction of sp³-hybridized carbons (Fsp3) is 0.500. The van der Waals surface area contributed by atoms with Crippen LogP contribution < -0.4 is 5.32 Å². The molecule has 1 saturated heterocycles. The minimum Gasteiger partial charge on any atom is -0.326 e. The van der Waals surface area contributed by atoms with E-state index in [4.69, 9.17) is 12.2 Å². The molecular weight excluding hydrogens is 340 g/mol. The molecule has 0 spiro atoms. The Labute approximate surface area is 153 Å². The van der Waals surface area contributed by atoms with Crippen LogP contribution in [0.15, 0.2) is 24.3 Å². The molecule has 0 aromatic heterocycles. The van der Waals surface area contributed by atoms with Crippen LogP contribution in [0.3, 0.4) is 0 Å². The summed E-state index contributed by atoms with van der Waals surface area (Å²) >= 11 is 6.70. The summed E-state index contributed by atoms with van der Waals surface area (Å²) in [5.74, 6) is 0.517. The van der Waals surface area contributed by atoms with Crippen molar-refractivity contribution in [3.05, 3.63) is 29.8 Å². The van der Waals surface area contributed by atoms with Crippen molar-refractivity contribution >= 4 is 45.8 Å². The van der Waals surface area contributed by atoms with E-state index in [0.29, 0.717) is 29.6 Å². The lowest BCUT2D eigenvalue weighted by Crippen LogP contribution is -2.32. The number of amides is 2. The third-order valence-corrected chi connectivity index (χ3v) is 5.77. The molecule has 130 valence electrons. The van der Waals surface area contributed by atoms with Crippen molar-refractivity contribution in [2.24, 2.45) is 0 Å². The molecule has 0 aliphatic carbocycles. The first-order chi connectivity index (χ1) is 11.4. The number of nitrogens with zero attached hydrogens (tertiary/aromatic N) is 1. The minimum absolute atomic E-state index is 0.0374. The Kier molecular flexibility index (Phi) is 6.80. The van der Waals surface area contributed by atoms with E-state index in [1.165, 1.54) is 17.3 Å². The third-order valence-electron chi connectivity index (χ3n) is 4.02. The smallest absolute Gasteiger partial charge is 0.241 e. The summed E-state index contributed by atoms with van der Waals surface area (Å²) in [6.45, 7) is 6.78. The highest BCUT2D eigenvalue weighted by Gasteiger charge is 2.35. The lowest BCUT2D eigenvalue weighted by atomic mass is 10.0. The summed E-state index contributed by atoms with van der Waals surface area (Å²) in [5.41, 5.74) is 2.05. The monoisotopic (exact) mass is 364 g/mol. The fourth-order valence-corrected chi connectivity index (χ4v) is 4.01. The van der Waals surface area contributed by atoms with Gasteiger partial charge in [-0.3, -0.25) is 14.5 Å². The molecule has 0 bridgehead atoms. The van der Waals surface area contributed by atoms with Gasteiger partial charge >= 0.3 is 0 Å². The van der Waals surface area contributed by atoms with Gasteiger partial charge in [0.25, 0.3) is 0 Å². The SMILES string of the molecule is CCC1SC(=S)N(CCCC(=O)Nc2ccc(C(C)C)cc2)C1=O. The molecule has 1 aliphatic heterocycles. The van der Waals surface area contributed by atoms with Gasteiger partial charge < -0.3 is 5.32 Å². The minimum atomic E-state index is -0.0502. The highest BCUT2D eigenvalue weighted by atomic mass is 32.2. The summed E-state index contributed by atoms with van der Waals surface area (Å²) in [6, 6.07) is 7.91. The zero-order valence-electron chi connectivity index (χ0n) is 14.4. The molecule has 1 atom stereocenters. The number of rotatable bonds is 7. The summed E-state index contributed by atoms with van der Waals surface area (Å²) in [5, 5.41) is 2.85. The number of carbonyl (C=O) groups is 2. The molecule has 1 aliphatic rings. The predicted octanol–water partition coefficient (Wildman–Crippen LogP) is 4.17. The second-order valence-electron chi connectivity index (χ2n) is 6.20. The van der Waals surface area contributed by atoms with Crippen LogP contribution in [0.25, 0.3) is 0 Å². The molecule has 1 aromatic rings. The maximum Gasteiger partial charge on any atom is 0.241 e. The van der Waals surface area contributed by atoms with Crippen LogP contribution in [0.2, 0.25) is 0 Å². The predicted molar refractivity (Wildman–Crippen MR) is 104 cm³/mol. The Hall–Kier alpha value is -1.40. The van der Waals surface area contributed by atoms with Crippen molar-refractivity contribution in [3.8, 4) is 0 Å². The molecule has 0 radical (unpaired) electrons. The molecule has 2 rings (SSSR count). The molecule has 24 heavy (non-hydrogen) atoms. The summed E-state index contributed by atoms with van der Waals surface area (Å²) in [4.78, 5) is 25.8. The molecular formula is C18H24N2O2S2. The Morgan fingerprint density at radius 2 is 2.00 bits per heavy atom. The largest absolute Gasteiger partial charge is 0.326 e. The van der Waals surface area contributed by atoms with E-state index in [0.717, 1.165) is 12.1 Å². The van der Waals surface area contributed by atoms with Crippen molar-refractivity contribution in [1.82, 2.24) is 4.90 Å². The number of thioether (sulfide) groups is 1. The fourth-order valence-electron chi connectivity index (χ4n) is 2.53. The van der Waals surface area contributed by atoms with Crippen LogP contribution in [-0.2, 0) is 9.59 Å². The number of hydrogen-bond acceptors (Lipinski definition) is 4. The van der Waals surface area contributed by atoms with Crippen molar-refractivity contribution in [2.45, 2.75) is 51.2 Å². The number of thiocarbonyl (C=S) groups is 1. The maximum atomic E-state index is 12.1.